The molecule has 0 unspecified atom stereocenters. The smallest absolute Gasteiger partial charge is 0.327 e. The Morgan fingerprint density at radius 2 is 2.62 bits per heavy atom. The molecule has 0 aliphatic carbocycles. The first-order valence-corrected chi connectivity index (χ1v) is 3.79. The molecule has 0 spiro atoms. The predicted molar refractivity (Wildman–Crippen MR) is 48.7 cm³/mol. The molecule has 1 aromatic heterocycles. The highest BCUT2D eigenvalue weighted by atomic mass is 16.5. The molecule has 0 N–H and O–H groups in total. The predicted octanol–water partition coefficient (Wildman–Crippen LogP) is 0.673. The highest BCUT2D eigenvalue weighted by Crippen LogP contribution is 1.90. The van der Waals surface area contributed by atoms with E-state index in [9.17, 15) is 4.79 Å². The van der Waals surface area contributed by atoms with Gasteiger partial charge in [0.1, 0.15) is 6.54 Å². The van der Waals surface area contributed by atoms with Gasteiger partial charge in [-0.3, -0.25) is 14.8 Å². The maximum absolute atomic E-state index is 10.7. The molecule has 4 heteroatoms. The van der Waals surface area contributed by atoms with Crippen molar-refractivity contribution >= 4 is 12.2 Å². The van der Waals surface area contributed by atoms with Gasteiger partial charge in [-0.05, 0) is 6.07 Å². The molecule has 0 saturated carbocycles. The van der Waals surface area contributed by atoms with Gasteiger partial charge in [-0.25, -0.2) is 0 Å². The van der Waals surface area contributed by atoms with Crippen LogP contribution in [0.25, 0.3) is 0 Å². The standard InChI is InChI=1S/C9H10N2O2/c1-13-9(12)7-11-6-8-3-2-4-10-5-8/h2-6H,7H2,1H3. The minimum Gasteiger partial charge on any atom is -0.468 e. The average molecular weight is 178 g/mol. The lowest BCUT2D eigenvalue weighted by Gasteiger charge is -1.92. The van der Waals surface area contributed by atoms with Crippen LogP contribution < -0.4 is 0 Å². The van der Waals surface area contributed by atoms with E-state index in [0.717, 1.165) is 5.56 Å². The van der Waals surface area contributed by atoms with Crippen LogP contribution in [0.1, 0.15) is 5.56 Å². The number of rotatable bonds is 3. The molecule has 13 heavy (non-hydrogen) atoms. The number of methoxy groups -OCH3 is 1. The van der Waals surface area contributed by atoms with Gasteiger partial charge in [-0.2, -0.15) is 0 Å². The SMILES string of the molecule is COC(=O)CN=Cc1cccnc1. The zero-order valence-corrected chi connectivity index (χ0v) is 7.30. The Bertz CT molecular complexity index is 296. The van der Waals surface area contributed by atoms with Gasteiger partial charge in [0.2, 0.25) is 0 Å². The van der Waals surface area contributed by atoms with Crippen LogP contribution in [0.15, 0.2) is 29.5 Å². The van der Waals surface area contributed by atoms with Gasteiger partial charge in [-0.15, -0.1) is 0 Å². The van der Waals surface area contributed by atoms with E-state index in [1.54, 1.807) is 24.7 Å². The molecule has 0 aromatic carbocycles. The van der Waals surface area contributed by atoms with Gasteiger partial charge in [0, 0.05) is 24.2 Å². The van der Waals surface area contributed by atoms with Crippen molar-refractivity contribution < 1.29 is 9.53 Å². The number of carbonyl (C=O) groups excluding carboxylic acids is 1. The molecule has 0 atom stereocenters. The van der Waals surface area contributed by atoms with Crippen LogP contribution in [0.2, 0.25) is 0 Å². The largest absolute Gasteiger partial charge is 0.468 e. The summed E-state index contributed by atoms with van der Waals surface area (Å²) in [5.74, 6) is -0.347. The molecule has 1 aromatic rings. The first kappa shape index (κ1) is 9.38. The minimum atomic E-state index is -0.347. The number of hydrogen-bond acceptors (Lipinski definition) is 4. The fourth-order valence-corrected chi connectivity index (χ4v) is 0.742. The van der Waals surface area contributed by atoms with E-state index in [4.69, 9.17) is 0 Å². The van der Waals surface area contributed by atoms with Crippen molar-refractivity contribution in [3.05, 3.63) is 30.1 Å². The third-order valence-electron chi connectivity index (χ3n) is 1.37. The van der Waals surface area contributed by atoms with E-state index in [0.29, 0.717) is 0 Å². The second-order valence-electron chi connectivity index (χ2n) is 2.33. The second kappa shape index (κ2) is 5.03. The van der Waals surface area contributed by atoms with E-state index in [-0.39, 0.29) is 12.5 Å². The summed E-state index contributed by atoms with van der Waals surface area (Å²) in [5, 5.41) is 0. The normalized spacial score (nSPS) is 10.2. The number of nitrogens with zero attached hydrogens (tertiary/aromatic N) is 2. The zero-order chi connectivity index (χ0) is 9.52. The van der Waals surface area contributed by atoms with Crippen LogP contribution in [-0.2, 0) is 9.53 Å². The van der Waals surface area contributed by atoms with Crippen molar-refractivity contribution in [2.75, 3.05) is 13.7 Å². The summed E-state index contributed by atoms with van der Waals surface area (Å²) >= 11 is 0. The Labute approximate surface area is 76.3 Å². The van der Waals surface area contributed by atoms with Crippen molar-refractivity contribution in [1.29, 1.82) is 0 Å². The monoisotopic (exact) mass is 178 g/mol. The van der Waals surface area contributed by atoms with Crippen LogP contribution in [-0.4, -0.2) is 30.8 Å². The van der Waals surface area contributed by atoms with Crippen molar-refractivity contribution in [3.63, 3.8) is 0 Å². The number of ether oxygens (including phenoxy) is 1. The Hall–Kier alpha value is -1.71. The molecule has 1 heterocycles. The van der Waals surface area contributed by atoms with E-state index in [1.807, 2.05) is 6.07 Å². The lowest BCUT2D eigenvalue weighted by Crippen LogP contribution is -2.04. The molecule has 0 aliphatic rings. The van der Waals surface area contributed by atoms with Crippen LogP contribution in [0.4, 0.5) is 0 Å². The molecule has 0 aliphatic heterocycles. The number of aromatic nitrogens is 1. The first-order valence-electron chi connectivity index (χ1n) is 3.79. The molecule has 0 radical (unpaired) electrons. The highest BCUT2D eigenvalue weighted by Gasteiger charge is 1.94. The topological polar surface area (TPSA) is 51.5 Å². The summed E-state index contributed by atoms with van der Waals surface area (Å²) in [7, 11) is 1.34. The lowest BCUT2D eigenvalue weighted by atomic mass is 10.3. The highest BCUT2D eigenvalue weighted by molar-refractivity contribution is 5.81. The number of carbonyl (C=O) groups is 1. The summed E-state index contributed by atoms with van der Waals surface area (Å²) in [4.78, 5) is 18.4. The van der Waals surface area contributed by atoms with Crippen LogP contribution in [0, 0.1) is 0 Å². The van der Waals surface area contributed by atoms with Gasteiger partial charge in [-0.1, -0.05) is 6.07 Å². The molecular weight excluding hydrogens is 168 g/mol. The molecule has 0 amide bonds. The summed E-state index contributed by atoms with van der Waals surface area (Å²) in [6.07, 6.45) is 4.93. The van der Waals surface area contributed by atoms with Crippen molar-refractivity contribution in [2.24, 2.45) is 4.99 Å². The molecule has 1 rings (SSSR count). The molecule has 68 valence electrons. The van der Waals surface area contributed by atoms with Crippen LogP contribution in [0.3, 0.4) is 0 Å². The number of esters is 1. The zero-order valence-electron chi connectivity index (χ0n) is 7.30. The summed E-state index contributed by atoms with van der Waals surface area (Å²) in [6.45, 7) is 0.0470. The minimum absolute atomic E-state index is 0.0470. The third-order valence-corrected chi connectivity index (χ3v) is 1.37. The summed E-state index contributed by atoms with van der Waals surface area (Å²) in [5.41, 5.74) is 0.867. The van der Waals surface area contributed by atoms with Gasteiger partial charge in [0.05, 0.1) is 7.11 Å². The molecule has 0 saturated heterocycles. The quantitative estimate of drug-likeness (QED) is 0.505. The maximum atomic E-state index is 10.7. The maximum Gasteiger partial charge on any atom is 0.327 e. The summed E-state index contributed by atoms with van der Waals surface area (Å²) < 4.78 is 4.42. The first-order chi connectivity index (χ1) is 6.33. The summed E-state index contributed by atoms with van der Waals surface area (Å²) in [6, 6.07) is 3.66. The molecule has 0 bridgehead atoms. The van der Waals surface area contributed by atoms with Crippen molar-refractivity contribution in [2.45, 2.75) is 0 Å². The van der Waals surface area contributed by atoms with E-state index in [2.05, 4.69) is 14.7 Å². The Balaban J connectivity index is 2.45. The van der Waals surface area contributed by atoms with Crippen LogP contribution >= 0.6 is 0 Å². The lowest BCUT2D eigenvalue weighted by molar-refractivity contribution is -0.138. The molecule has 0 fully saturated rings. The Kier molecular flexibility index (Phi) is 3.63. The van der Waals surface area contributed by atoms with Crippen LogP contribution in [0.5, 0.6) is 0 Å². The number of pyridine rings is 1. The van der Waals surface area contributed by atoms with E-state index < -0.39 is 0 Å². The number of hydrogen-bond donors (Lipinski definition) is 0. The van der Waals surface area contributed by atoms with Gasteiger partial charge in [0.25, 0.3) is 0 Å². The Morgan fingerprint density at radius 3 is 3.23 bits per heavy atom. The third kappa shape index (κ3) is 3.46. The fraction of sp³-hybridized carbons (Fsp3) is 0.222. The Morgan fingerprint density at radius 1 is 1.77 bits per heavy atom. The van der Waals surface area contributed by atoms with Crippen molar-refractivity contribution in [3.8, 4) is 0 Å². The average Bonchev–Trinajstić information content (AvgIpc) is 2.19. The number of aliphatic imine (C=N–C) groups is 1. The molecular formula is C9H10N2O2. The van der Waals surface area contributed by atoms with Gasteiger partial charge >= 0.3 is 5.97 Å². The van der Waals surface area contributed by atoms with Gasteiger partial charge in [0.15, 0.2) is 0 Å². The molecule has 4 nitrogen and oxygen atoms in total. The van der Waals surface area contributed by atoms with Crippen molar-refractivity contribution in [1.82, 2.24) is 4.98 Å². The van der Waals surface area contributed by atoms with Gasteiger partial charge < -0.3 is 4.74 Å². The van der Waals surface area contributed by atoms with E-state index >= 15 is 0 Å². The second-order valence-corrected chi connectivity index (χ2v) is 2.33. The van der Waals surface area contributed by atoms with E-state index in [1.165, 1.54) is 7.11 Å². The fourth-order valence-electron chi connectivity index (χ4n) is 0.742.